The average molecular weight is 245 g/mol. The third-order valence-electron chi connectivity index (χ3n) is 1.77. The van der Waals surface area contributed by atoms with E-state index in [1.807, 2.05) is 0 Å². The average Bonchev–Trinajstić information content (AvgIpc) is 2.25. The lowest BCUT2D eigenvalue weighted by molar-refractivity contribution is -0.274. The van der Waals surface area contributed by atoms with Crippen LogP contribution in [0.1, 0.15) is 15.9 Å². The second-order valence-corrected chi connectivity index (χ2v) is 2.83. The van der Waals surface area contributed by atoms with Gasteiger partial charge in [-0.2, -0.15) is 5.26 Å². The van der Waals surface area contributed by atoms with Gasteiger partial charge in [-0.3, -0.25) is 0 Å². The molecule has 0 radical (unpaired) electrons. The third-order valence-corrected chi connectivity index (χ3v) is 1.77. The Morgan fingerprint density at radius 1 is 1.41 bits per heavy atom. The van der Waals surface area contributed by atoms with Gasteiger partial charge in [-0.05, 0) is 12.1 Å². The highest BCUT2D eigenvalue weighted by molar-refractivity contribution is 5.93. The van der Waals surface area contributed by atoms with E-state index < -0.39 is 23.6 Å². The Kier molecular flexibility index (Phi) is 3.58. The molecule has 17 heavy (non-hydrogen) atoms. The highest BCUT2D eigenvalue weighted by Gasteiger charge is 2.33. The molecular weight excluding hydrogens is 239 g/mol. The Bertz CT molecular complexity index is 477. The summed E-state index contributed by atoms with van der Waals surface area (Å²) in [5.41, 5.74) is -0.798. The molecule has 1 aromatic carbocycles. The van der Waals surface area contributed by atoms with Crippen molar-refractivity contribution in [2.75, 3.05) is 7.11 Å². The molecule has 0 saturated heterocycles. The van der Waals surface area contributed by atoms with Crippen LogP contribution in [0.4, 0.5) is 13.2 Å². The number of nitrogens with zero attached hydrogens (tertiary/aromatic N) is 1. The smallest absolute Gasteiger partial charge is 0.465 e. The lowest BCUT2D eigenvalue weighted by Gasteiger charge is -2.11. The molecule has 0 aliphatic carbocycles. The summed E-state index contributed by atoms with van der Waals surface area (Å²) in [6.45, 7) is 0. The second kappa shape index (κ2) is 4.74. The van der Waals surface area contributed by atoms with E-state index in [0.717, 1.165) is 19.2 Å². The monoisotopic (exact) mass is 245 g/mol. The first kappa shape index (κ1) is 12.8. The van der Waals surface area contributed by atoms with Crippen molar-refractivity contribution in [3.63, 3.8) is 0 Å². The zero-order valence-corrected chi connectivity index (χ0v) is 8.54. The fourth-order valence-electron chi connectivity index (χ4n) is 1.14. The van der Waals surface area contributed by atoms with Crippen LogP contribution in [-0.2, 0) is 4.74 Å². The summed E-state index contributed by atoms with van der Waals surface area (Å²) < 4.78 is 44.0. The molecule has 7 heteroatoms. The van der Waals surface area contributed by atoms with Crippen molar-refractivity contribution in [3.8, 4) is 11.8 Å². The summed E-state index contributed by atoms with van der Waals surface area (Å²) in [4.78, 5) is 11.2. The number of ether oxygens (including phenoxy) is 2. The zero-order valence-electron chi connectivity index (χ0n) is 8.54. The number of hydrogen-bond acceptors (Lipinski definition) is 4. The predicted octanol–water partition coefficient (Wildman–Crippen LogP) is 2.24. The van der Waals surface area contributed by atoms with Crippen LogP contribution in [0.2, 0.25) is 0 Å². The summed E-state index contributed by atoms with van der Waals surface area (Å²) >= 11 is 0. The lowest BCUT2D eigenvalue weighted by atomic mass is 10.1. The molecule has 90 valence electrons. The fourth-order valence-corrected chi connectivity index (χ4v) is 1.14. The van der Waals surface area contributed by atoms with Gasteiger partial charge in [0.2, 0.25) is 0 Å². The van der Waals surface area contributed by atoms with E-state index in [2.05, 4.69) is 9.47 Å². The molecule has 0 aromatic heterocycles. The molecule has 0 heterocycles. The van der Waals surface area contributed by atoms with Gasteiger partial charge in [0, 0.05) is 0 Å². The first-order chi connectivity index (χ1) is 7.89. The fraction of sp³-hybridized carbons (Fsp3) is 0.200. The number of nitriles is 1. The van der Waals surface area contributed by atoms with Gasteiger partial charge in [-0.15, -0.1) is 13.2 Å². The van der Waals surface area contributed by atoms with Crippen LogP contribution in [0.5, 0.6) is 5.75 Å². The van der Waals surface area contributed by atoms with Crippen molar-refractivity contribution in [2.24, 2.45) is 0 Å². The molecule has 0 unspecified atom stereocenters. The van der Waals surface area contributed by atoms with Gasteiger partial charge in [-0.1, -0.05) is 6.07 Å². The number of rotatable bonds is 2. The van der Waals surface area contributed by atoms with E-state index in [1.54, 1.807) is 0 Å². The van der Waals surface area contributed by atoms with E-state index in [0.29, 0.717) is 0 Å². The van der Waals surface area contributed by atoms with Crippen LogP contribution in [-0.4, -0.2) is 19.4 Å². The van der Waals surface area contributed by atoms with E-state index in [4.69, 9.17) is 5.26 Å². The highest BCUT2D eigenvalue weighted by Crippen LogP contribution is 2.28. The van der Waals surface area contributed by atoms with Gasteiger partial charge in [0.05, 0.1) is 12.7 Å². The number of methoxy groups -OCH3 is 1. The minimum Gasteiger partial charge on any atom is -0.465 e. The number of carbonyl (C=O) groups excluding carboxylic acids is 1. The molecule has 0 N–H and O–H groups in total. The van der Waals surface area contributed by atoms with Crippen molar-refractivity contribution < 1.29 is 27.4 Å². The predicted molar refractivity (Wildman–Crippen MR) is 49.2 cm³/mol. The Hall–Kier alpha value is -2.23. The number of halogens is 3. The molecule has 1 rings (SSSR count). The van der Waals surface area contributed by atoms with Gasteiger partial charge in [-0.25, -0.2) is 4.79 Å². The zero-order chi connectivity index (χ0) is 13.1. The summed E-state index contributed by atoms with van der Waals surface area (Å²) in [5.74, 6) is -1.64. The molecular formula is C10H6F3NO3. The summed E-state index contributed by atoms with van der Waals surface area (Å²) in [6.07, 6.45) is -4.93. The first-order valence-electron chi connectivity index (χ1n) is 4.26. The van der Waals surface area contributed by atoms with Gasteiger partial charge >= 0.3 is 12.3 Å². The number of benzene rings is 1. The highest BCUT2D eigenvalue weighted by atomic mass is 19.4. The molecule has 0 saturated carbocycles. The number of carbonyl (C=O) groups is 1. The molecule has 0 aliphatic rings. The van der Waals surface area contributed by atoms with E-state index >= 15 is 0 Å². The summed E-state index contributed by atoms with van der Waals surface area (Å²) in [6, 6.07) is 4.75. The number of alkyl halides is 3. The lowest BCUT2D eigenvalue weighted by Crippen LogP contribution is -2.18. The van der Waals surface area contributed by atoms with Crippen LogP contribution < -0.4 is 4.74 Å². The molecule has 1 aromatic rings. The molecule has 4 nitrogen and oxygen atoms in total. The van der Waals surface area contributed by atoms with E-state index in [9.17, 15) is 18.0 Å². The van der Waals surface area contributed by atoms with E-state index in [-0.39, 0.29) is 5.56 Å². The van der Waals surface area contributed by atoms with Crippen molar-refractivity contribution in [3.05, 3.63) is 29.3 Å². The van der Waals surface area contributed by atoms with Gasteiger partial charge < -0.3 is 9.47 Å². The van der Waals surface area contributed by atoms with Crippen molar-refractivity contribution >= 4 is 5.97 Å². The third kappa shape index (κ3) is 3.11. The maximum Gasteiger partial charge on any atom is 0.573 e. The summed E-state index contributed by atoms with van der Waals surface area (Å²) in [7, 11) is 1.06. The maximum atomic E-state index is 12.0. The van der Waals surface area contributed by atoms with Crippen molar-refractivity contribution in [1.29, 1.82) is 5.26 Å². The number of hydrogen-bond donors (Lipinski definition) is 0. The minimum absolute atomic E-state index is 0.281. The van der Waals surface area contributed by atoms with Crippen LogP contribution in [0, 0.1) is 11.3 Å². The Balaban J connectivity index is 3.25. The molecule has 0 aliphatic heterocycles. The summed E-state index contributed by atoms with van der Waals surface area (Å²) in [5, 5.41) is 8.74. The topological polar surface area (TPSA) is 59.3 Å². The van der Waals surface area contributed by atoms with Gasteiger partial charge in [0.25, 0.3) is 0 Å². The van der Waals surface area contributed by atoms with Crippen LogP contribution in [0.25, 0.3) is 0 Å². The van der Waals surface area contributed by atoms with Gasteiger partial charge in [0.15, 0.2) is 0 Å². The first-order valence-corrected chi connectivity index (χ1v) is 4.26. The Labute approximate surface area is 94.2 Å². The normalized spacial score (nSPS) is 10.5. The molecule has 0 atom stereocenters. The minimum atomic E-state index is -4.93. The molecule has 0 fully saturated rings. The van der Waals surface area contributed by atoms with Crippen molar-refractivity contribution in [2.45, 2.75) is 6.36 Å². The van der Waals surface area contributed by atoms with Crippen LogP contribution in [0.3, 0.4) is 0 Å². The van der Waals surface area contributed by atoms with Crippen LogP contribution >= 0.6 is 0 Å². The standard InChI is InChI=1S/C10H6F3NO3/c1-16-9(15)6-3-2-4-8(7(6)5-14)17-10(11,12)13/h2-4H,1H3. The molecule has 0 bridgehead atoms. The quantitative estimate of drug-likeness (QED) is 0.749. The molecule has 0 amide bonds. The molecule has 0 spiro atoms. The van der Waals surface area contributed by atoms with E-state index in [1.165, 1.54) is 12.1 Å². The van der Waals surface area contributed by atoms with Crippen LogP contribution in [0.15, 0.2) is 18.2 Å². The largest absolute Gasteiger partial charge is 0.573 e. The van der Waals surface area contributed by atoms with Gasteiger partial charge in [0.1, 0.15) is 17.4 Å². The SMILES string of the molecule is COC(=O)c1cccc(OC(F)(F)F)c1C#N. The maximum absolute atomic E-state index is 12.0. The second-order valence-electron chi connectivity index (χ2n) is 2.83. The Morgan fingerprint density at radius 3 is 2.53 bits per heavy atom. The Morgan fingerprint density at radius 2 is 2.06 bits per heavy atom. The number of esters is 1. The van der Waals surface area contributed by atoms with Crippen molar-refractivity contribution in [1.82, 2.24) is 0 Å².